The lowest BCUT2D eigenvalue weighted by Gasteiger charge is -2.26. The summed E-state index contributed by atoms with van der Waals surface area (Å²) in [5.41, 5.74) is 0.972. The summed E-state index contributed by atoms with van der Waals surface area (Å²) in [5.74, 6) is 0.849. The van der Waals surface area contributed by atoms with E-state index in [4.69, 9.17) is 9.15 Å². The Morgan fingerprint density at radius 3 is 2.81 bits per heavy atom. The van der Waals surface area contributed by atoms with Crippen LogP contribution in [-0.4, -0.2) is 65.7 Å². The summed E-state index contributed by atoms with van der Waals surface area (Å²) in [6, 6.07) is 9.97. The standard InChI is InChI=1S/C25H25N5O6/c1-35-16-3-2-14-12-30(22(32)17(14)10-16)9-7-25(23(33)27-24(34)28-25)20-11-18-19(36-20)4-5-21(26-18)29-8-6-15(31)13-29/h2-5,10-11,15,31H,6-9,12-13H2,1H3,(H2,27,28,33,34). The largest absolute Gasteiger partial charge is 0.497 e. The number of rotatable bonds is 6. The molecule has 3 aromatic rings. The van der Waals surface area contributed by atoms with Gasteiger partial charge < -0.3 is 29.4 Å². The number of aliphatic hydroxyl groups is 1. The molecule has 2 fully saturated rings. The van der Waals surface area contributed by atoms with Crippen LogP contribution in [0.2, 0.25) is 0 Å². The minimum atomic E-state index is -1.48. The number of hydrogen-bond donors (Lipinski definition) is 3. The van der Waals surface area contributed by atoms with E-state index in [9.17, 15) is 19.5 Å². The number of nitrogens with one attached hydrogen (secondary N) is 2. The third kappa shape index (κ3) is 3.54. The number of urea groups is 1. The molecule has 3 N–H and O–H groups in total. The van der Waals surface area contributed by atoms with Crippen LogP contribution in [-0.2, 0) is 16.9 Å². The molecule has 2 atom stereocenters. The van der Waals surface area contributed by atoms with Gasteiger partial charge in [0.1, 0.15) is 22.8 Å². The molecule has 3 aliphatic heterocycles. The van der Waals surface area contributed by atoms with Crippen LogP contribution in [0.3, 0.4) is 0 Å². The second kappa shape index (κ2) is 8.23. The quantitative estimate of drug-likeness (QED) is 0.441. The summed E-state index contributed by atoms with van der Waals surface area (Å²) in [6.45, 7) is 1.82. The predicted molar refractivity (Wildman–Crippen MR) is 128 cm³/mol. The highest BCUT2D eigenvalue weighted by atomic mass is 16.5. The highest BCUT2D eigenvalue weighted by Crippen LogP contribution is 2.35. The highest BCUT2D eigenvalue weighted by molar-refractivity contribution is 6.07. The van der Waals surface area contributed by atoms with Crippen LogP contribution in [0.4, 0.5) is 10.6 Å². The highest BCUT2D eigenvalue weighted by Gasteiger charge is 2.51. The number of β-amino-alcohol motifs (C(OH)–C–C–N with tert-alkyl or cyclic N) is 1. The monoisotopic (exact) mass is 491 g/mol. The van der Waals surface area contributed by atoms with Gasteiger partial charge in [-0.1, -0.05) is 6.07 Å². The van der Waals surface area contributed by atoms with E-state index in [1.165, 1.54) is 0 Å². The Labute approximate surface area is 206 Å². The van der Waals surface area contributed by atoms with Crippen molar-refractivity contribution in [1.29, 1.82) is 0 Å². The molecule has 11 nitrogen and oxygen atoms in total. The summed E-state index contributed by atoms with van der Waals surface area (Å²) < 4.78 is 11.3. The fraction of sp³-hybridized carbons (Fsp3) is 0.360. The van der Waals surface area contributed by atoms with Gasteiger partial charge in [-0.15, -0.1) is 0 Å². The van der Waals surface area contributed by atoms with Gasteiger partial charge in [0.2, 0.25) is 0 Å². The van der Waals surface area contributed by atoms with E-state index in [0.29, 0.717) is 54.3 Å². The summed E-state index contributed by atoms with van der Waals surface area (Å²) in [6.07, 6.45) is 0.410. The molecular formula is C25H25N5O6. The average molecular weight is 492 g/mol. The SMILES string of the molecule is COc1ccc2c(c1)C(=O)N(CCC1(c3cc4nc(N5CCC(O)C5)ccc4o3)NC(=O)NC1=O)C2. The number of aliphatic hydroxyl groups excluding tert-OH is 1. The van der Waals surface area contributed by atoms with Crippen molar-refractivity contribution in [3.8, 4) is 5.75 Å². The van der Waals surface area contributed by atoms with Gasteiger partial charge in [0.25, 0.3) is 11.8 Å². The predicted octanol–water partition coefficient (Wildman–Crippen LogP) is 1.49. The molecule has 0 aliphatic carbocycles. The number of nitrogens with zero attached hydrogens (tertiary/aromatic N) is 3. The smallest absolute Gasteiger partial charge is 0.322 e. The zero-order valence-electron chi connectivity index (χ0n) is 19.6. The first kappa shape index (κ1) is 22.4. The van der Waals surface area contributed by atoms with Crippen molar-refractivity contribution in [2.45, 2.75) is 31.0 Å². The molecule has 0 radical (unpaired) electrons. The summed E-state index contributed by atoms with van der Waals surface area (Å²) in [4.78, 5) is 46.5. The van der Waals surface area contributed by atoms with E-state index in [1.54, 1.807) is 36.3 Å². The second-order valence-corrected chi connectivity index (χ2v) is 9.37. The molecule has 2 saturated heterocycles. The Kier molecular flexibility index (Phi) is 5.11. The molecule has 0 spiro atoms. The molecule has 5 heterocycles. The minimum Gasteiger partial charge on any atom is -0.497 e. The van der Waals surface area contributed by atoms with E-state index in [2.05, 4.69) is 15.6 Å². The molecule has 0 bridgehead atoms. The number of methoxy groups -OCH3 is 1. The number of anilines is 1. The van der Waals surface area contributed by atoms with Crippen LogP contribution < -0.4 is 20.3 Å². The molecule has 2 aromatic heterocycles. The van der Waals surface area contributed by atoms with Crippen molar-refractivity contribution in [2.75, 3.05) is 31.6 Å². The topological polar surface area (TPSA) is 137 Å². The number of carbonyl (C=O) groups is 3. The number of ether oxygens (including phenoxy) is 1. The fourth-order valence-electron chi connectivity index (χ4n) is 5.16. The Morgan fingerprint density at radius 2 is 2.08 bits per heavy atom. The number of furan rings is 1. The first-order chi connectivity index (χ1) is 17.4. The van der Waals surface area contributed by atoms with E-state index in [0.717, 1.165) is 5.56 Å². The van der Waals surface area contributed by atoms with Crippen LogP contribution in [0.5, 0.6) is 5.75 Å². The number of imide groups is 1. The third-order valence-corrected chi connectivity index (χ3v) is 7.16. The maximum atomic E-state index is 13.1. The molecule has 4 amide bonds. The van der Waals surface area contributed by atoms with Crippen LogP contribution in [0.1, 0.15) is 34.5 Å². The van der Waals surface area contributed by atoms with Crippen molar-refractivity contribution in [3.05, 3.63) is 53.3 Å². The third-order valence-electron chi connectivity index (χ3n) is 7.16. The summed E-state index contributed by atoms with van der Waals surface area (Å²) in [5, 5.41) is 14.9. The van der Waals surface area contributed by atoms with Crippen LogP contribution in [0, 0.1) is 0 Å². The molecule has 0 saturated carbocycles. The van der Waals surface area contributed by atoms with E-state index >= 15 is 0 Å². The second-order valence-electron chi connectivity index (χ2n) is 9.37. The number of aromatic nitrogens is 1. The van der Waals surface area contributed by atoms with Gasteiger partial charge in [-0.05, 0) is 36.2 Å². The number of amides is 4. The number of hydrogen-bond acceptors (Lipinski definition) is 8. The Morgan fingerprint density at radius 1 is 1.22 bits per heavy atom. The van der Waals surface area contributed by atoms with Gasteiger partial charge in [-0.3, -0.25) is 14.9 Å². The molecule has 36 heavy (non-hydrogen) atoms. The van der Waals surface area contributed by atoms with Crippen molar-refractivity contribution >= 4 is 34.8 Å². The molecule has 1 aromatic carbocycles. The van der Waals surface area contributed by atoms with E-state index < -0.39 is 17.5 Å². The molecule has 3 aliphatic rings. The van der Waals surface area contributed by atoms with Crippen molar-refractivity contribution < 1.29 is 28.6 Å². The maximum absolute atomic E-state index is 13.1. The molecule has 11 heteroatoms. The lowest BCUT2D eigenvalue weighted by atomic mass is 9.92. The van der Waals surface area contributed by atoms with Crippen molar-refractivity contribution in [2.24, 2.45) is 0 Å². The molecular weight excluding hydrogens is 466 g/mol. The zero-order valence-corrected chi connectivity index (χ0v) is 19.6. The Hall–Kier alpha value is -4.12. The van der Waals surface area contributed by atoms with Crippen molar-refractivity contribution in [1.82, 2.24) is 20.5 Å². The van der Waals surface area contributed by atoms with Gasteiger partial charge >= 0.3 is 6.03 Å². The van der Waals surface area contributed by atoms with Gasteiger partial charge in [-0.2, -0.15) is 0 Å². The molecule has 6 rings (SSSR count). The van der Waals surface area contributed by atoms with Gasteiger partial charge in [-0.25, -0.2) is 9.78 Å². The molecule has 186 valence electrons. The number of fused-ring (bicyclic) bond motifs is 2. The van der Waals surface area contributed by atoms with E-state index in [-0.39, 0.29) is 30.7 Å². The fourth-order valence-corrected chi connectivity index (χ4v) is 5.16. The molecule has 2 unspecified atom stereocenters. The maximum Gasteiger partial charge on any atom is 0.322 e. The van der Waals surface area contributed by atoms with Crippen LogP contribution in [0.25, 0.3) is 11.1 Å². The first-order valence-electron chi connectivity index (χ1n) is 11.8. The number of carbonyl (C=O) groups excluding carboxylic acids is 3. The first-order valence-corrected chi connectivity index (χ1v) is 11.8. The zero-order chi connectivity index (χ0) is 25.0. The lowest BCUT2D eigenvalue weighted by molar-refractivity contribution is -0.125. The van der Waals surface area contributed by atoms with Gasteiger partial charge in [0, 0.05) is 44.2 Å². The normalized spacial score (nSPS) is 23.4. The number of pyridine rings is 1. The van der Waals surface area contributed by atoms with Gasteiger partial charge in [0.05, 0.1) is 13.2 Å². The van der Waals surface area contributed by atoms with Crippen molar-refractivity contribution in [3.63, 3.8) is 0 Å². The minimum absolute atomic E-state index is 0.117. The van der Waals surface area contributed by atoms with Crippen LogP contribution in [0.15, 0.2) is 40.8 Å². The summed E-state index contributed by atoms with van der Waals surface area (Å²) in [7, 11) is 1.55. The average Bonchev–Trinajstić information content (AvgIpc) is 3.63. The number of benzene rings is 1. The summed E-state index contributed by atoms with van der Waals surface area (Å²) >= 11 is 0. The Bertz CT molecular complexity index is 1400. The van der Waals surface area contributed by atoms with E-state index in [1.807, 2.05) is 17.0 Å². The van der Waals surface area contributed by atoms with Gasteiger partial charge in [0.15, 0.2) is 11.1 Å². The lowest BCUT2D eigenvalue weighted by Crippen LogP contribution is -2.46. The van der Waals surface area contributed by atoms with Crippen LogP contribution >= 0.6 is 0 Å². The Balaban J connectivity index is 1.28.